The molecule has 4 heteroatoms. The van der Waals surface area contributed by atoms with Crippen molar-refractivity contribution in [1.29, 1.82) is 0 Å². The van der Waals surface area contributed by atoms with Gasteiger partial charge < -0.3 is 14.6 Å². The summed E-state index contributed by atoms with van der Waals surface area (Å²) in [5.41, 5.74) is 3.00. The van der Waals surface area contributed by atoms with Crippen molar-refractivity contribution < 1.29 is 19.4 Å². The zero-order valence-corrected chi connectivity index (χ0v) is 12.1. The molecule has 1 N–H and O–H groups in total. The topological polar surface area (TPSA) is 55.8 Å². The van der Waals surface area contributed by atoms with Crippen LogP contribution in [0.5, 0.6) is 11.5 Å². The van der Waals surface area contributed by atoms with Crippen LogP contribution < -0.4 is 9.47 Å². The highest BCUT2D eigenvalue weighted by Gasteiger charge is 2.10. The second-order valence-corrected chi connectivity index (χ2v) is 4.62. The maximum atomic E-state index is 10.8. The highest BCUT2D eigenvalue weighted by atomic mass is 16.5. The number of rotatable bonds is 6. The first-order valence-electron chi connectivity index (χ1n) is 6.67. The van der Waals surface area contributed by atoms with E-state index in [4.69, 9.17) is 14.6 Å². The van der Waals surface area contributed by atoms with Gasteiger partial charge in [0.05, 0.1) is 14.2 Å². The highest BCUT2D eigenvalue weighted by Crippen LogP contribution is 2.33. The number of aryl methyl sites for hydroxylation is 1. The SMILES string of the molecule is COc1ccc(-c2ccccc2CCC(=O)O)cc1OC. The molecule has 0 amide bonds. The van der Waals surface area contributed by atoms with Crippen molar-refractivity contribution in [2.75, 3.05) is 14.2 Å². The summed E-state index contributed by atoms with van der Waals surface area (Å²) in [4.78, 5) is 10.8. The first-order chi connectivity index (χ1) is 10.2. The van der Waals surface area contributed by atoms with Crippen molar-refractivity contribution in [2.45, 2.75) is 12.8 Å². The smallest absolute Gasteiger partial charge is 0.303 e. The molecule has 0 aromatic heterocycles. The van der Waals surface area contributed by atoms with Crippen molar-refractivity contribution in [3.63, 3.8) is 0 Å². The predicted octanol–water partition coefficient (Wildman–Crippen LogP) is 3.39. The molecule has 2 aromatic rings. The standard InChI is InChI=1S/C17H18O4/c1-20-15-9-7-13(11-16(15)21-2)14-6-4-3-5-12(14)8-10-17(18)19/h3-7,9,11H,8,10H2,1-2H3,(H,18,19). The molecule has 0 radical (unpaired) electrons. The summed E-state index contributed by atoms with van der Waals surface area (Å²) in [6, 6.07) is 13.5. The van der Waals surface area contributed by atoms with Gasteiger partial charge >= 0.3 is 5.97 Å². The molecule has 0 aliphatic carbocycles. The molecule has 0 aliphatic rings. The molecule has 21 heavy (non-hydrogen) atoms. The van der Waals surface area contributed by atoms with Gasteiger partial charge in [-0.15, -0.1) is 0 Å². The molecule has 0 fully saturated rings. The van der Waals surface area contributed by atoms with E-state index in [1.165, 1.54) is 0 Å². The van der Waals surface area contributed by atoms with E-state index < -0.39 is 5.97 Å². The summed E-state index contributed by atoms with van der Waals surface area (Å²) < 4.78 is 10.6. The first kappa shape index (κ1) is 14.9. The molecule has 0 aliphatic heterocycles. The maximum absolute atomic E-state index is 10.8. The van der Waals surface area contributed by atoms with Crippen LogP contribution in [0.15, 0.2) is 42.5 Å². The van der Waals surface area contributed by atoms with E-state index in [2.05, 4.69) is 0 Å². The molecule has 2 rings (SSSR count). The lowest BCUT2D eigenvalue weighted by Gasteiger charge is -2.12. The molecule has 0 spiro atoms. The van der Waals surface area contributed by atoms with Crippen LogP contribution in [0, 0.1) is 0 Å². The van der Waals surface area contributed by atoms with Gasteiger partial charge in [-0.2, -0.15) is 0 Å². The summed E-state index contributed by atoms with van der Waals surface area (Å²) in [5.74, 6) is 0.532. The van der Waals surface area contributed by atoms with Crippen molar-refractivity contribution in [2.24, 2.45) is 0 Å². The van der Waals surface area contributed by atoms with E-state index in [0.29, 0.717) is 17.9 Å². The van der Waals surface area contributed by atoms with Gasteiger partial charge in [0.25, 0.3) is 0 Å². The fourth-order valence-electron chi connectivity index (χ4n) is 2.27. The quantitative estimate of drug-likeness (QED) is 0.884. The van der Waals surface area contributed by atoms with Gasteiger partial charge in [-0.25, -0.2) is 0 Å². The molecular formula is C17H18O4. The normalized spacial score (nSPS) is 10.2. The number of benzene rings is 2. The van der Waals surface area contributed by atoms with Crippen LogP contribution in [-0.2, 0) is 11.2 Å². The fraction of sp³-hybridized carbons (Fsp3) is 0.235. The average Bonchev–Trinajstić information content (AvgIpc) is 2.52. The maximum Gasteiger partial charge on any atom is 0.303 e. The van der Waals surface area contributed by atoms with Crippen molar-refractivity contribution in [3.05, 3.63) is 48.0 Å². The van der Waals surface area contributed by atoms with Gasteiger partial charge in [0, 0.05) is 6.42 Å². The third-order valence-corrected chi connectivity index (χ3v) is 3.32. The number of hydrogen-bond acceptors (Lipinski definition) is 3. The monoisotopic (exact) mass is 286 g/mol. The molecule has 0 saturated carbocycles. The van der Waals surface area contributed by atoms with E-state index in [9.17, 15) is 4.79 Å². The Balaban J connectivity index is 2.39. The minimum Gasteiger partial charge on any atom is -0.493 e. The first-order valence-corrected chi connectivity index (χ1v) is 6.67. The Morgan fingerprint density at radius 1 is 1.05 bits per heavy atom. The minimum absolute atomic E-state index is 0.115. The Kier molecular flexibility index (Phi) is 4.82. The van der Waals surface area contributed by atoms with E-state index in [1.807, 2.05) is 42.5 Å². The summed E-state index contributed by atoms with van der Waals surface area (Å²) in [6.45, 7) is 0. The van der Waals surface area contributed by atoms with Gasteiger partial charge in [0.2, 0.25) is 0 Å². The predicted molar refractivity (Wildman–Crippen MR) is 80.9 cm³/mol. The zero-order chi connectivity index (χ0) is 15.2. The van der Waals surface area contributed by atoms with Crippen LogP contribution >= 0.6 is 0 Å². The number of ether oxygens (including phenoxy) is 2. The lowest BCUT2D eigenvalue weighted by atomic mass is 9.96. The Bertz CT molecular complexity index is 634. The summed E-state index contributed by atoms with van der Waals surface area (Å²) in [5, 5.41) is 8.85. The van der Waals surface area contributed by atoms with Crippen molar-refractivity contribution in [3.8, 4) is 22.6 Å². The van der Waals surface area contributed by atoms with Gasteiger partial charge in [-0.1, -0.05) is 30.3 Å². The fourth-order valence-corrected chi connectivity index (χ4v) is 2.27. The van der Waals surface area contributed by atoms with Gasteiger partial charge in [-0.3, -0.25) is 4.79 Å². The Hall–Kier alpha value is -2.49. The van der Waals surface area contributed by atoms with E-state index in [-0.39, 0.29) is 6.42 Å². The molecule has 2 aromatic carbocycles. The minimum atomic E-state index is -0.794. The second kappa shape index (κ2) is 6.79. The third kappa shape index (κ3) is 3.54. The number of hydrogen-bond donors (Lipinski definition) is 1. The van der Waals surface area contributed by atoms with E-state index in [0.717, 1.165) is 16.7 Å². The van der Waals surface area contributed by atoms with E-state index >= 15 is 0 Å². The lowest BCUT2D eigenvalue weighted by Crippen LogP contribution is -1.99. The number of methoxy groups -OCH3 is 2. The van der Waals surface area contributed by atoms with Crippen LogP contribution in [0.25, 0.3) is 11.1 Å². The van der Waals surface area contributed by atoms with E-state index in [1.54, 1.807) is 14.2 Å². The summed E-state index contributed by atoms with van der Waals surface area (Å²) in [7, 11) is 3.19. The average molecular weight is 286 g/mol. The van der Waals surface area contributed by atoms with Crippen LogP contribution in [0.1, 0.15) is 12.0 Å². The Morgan fingerprint density at radius 3 is 2.43 bits per heavy atom. The molecule has 0 atom stereocenters. The van der Waals surface area contributed by atoms with Crippen LogP contribution in [0.2, 0.25) is 0 Å². The third-order valence-electron chi connectivity index (χ3n) is 3.32. The molecule has 110 valence electrons. The summed E-state index contributed by atoms with van der Waals surface area (Å²) >= 11 is 0. The van der Waals surface area contributed by atoms with Crippen LogP contribution in [-0.4, -0.2) is 25.3 Å². The van der Waals surface area contributed by atoms with Crippen LogP contribution in [0.3, 0.4) is 0 Å². The molecule has 0 saturated heterocycles. The molecule has 0 heterocycles. The van der Waals surface area contributed by atoms with Crippen molar-refractivity contribution >= 4 is 5.97 Å². The van der Waals surface area contributed by atoms with Crippen molar-refractivity contribution in [1.82, 2.24) is 0 Å². The molecule has 4 nitrogen and oxygen atoms in total. The zero-order valence-electron chi connectivity index (χ0n) is 12.1. The number of carboxylic acids is 1. The lowest BCUT2D eigenvalue weighted by molar-refractivity contribution is -0.136. The van der Waals surface area contributed by atoms with Gasteiger partial charge in [0.1, 0.15) is 0 Å². The molecule has 0 unspecified atom stereocenters. The number of aliphatic carboxylic acids is 1. The second-order valence-electron chi connectivity index (χ2n) is 4.62. The highest BCUT2D eigenvalue weighted by molar-refractivity contribution is 5.72. The van der Waals surface area contributed by atoms with Gasteiger partial charge in [-0.05, 0) is 35.2 Å². The Morgan fingerprint density at radius 2 is 1.76 bits per heavy atom. The molecule has 0 bridgehead atoms. The number of carbonyl (C=O) groups is 1. The summed E-state index contributed by atoms with van der Waals surface area (Å²) in [6.07, 6.45) is 0.615. The largest absolute Gasteiger partial charge is 0.493 e. The van der Waals surface area contributed by atoms with Gasteiger partial charge in [0.15, 0.2) is 11.5 Å². The van der Waals surface area contributed by atoms with Crippen LogP contribution in [0.4, 0.5) is 0 Å². The number of carboxylic acid groups (broad SMARTS) is 1. The molecular weight excluding hydrogens is 268 g/mol. The Labute approximate surface area is 123 Å².